The maximum absolute atomic E-state index is 6.00. The molecule has 3 N–H and O–H groups in total. The van der Waals surface area contributed by atoms with Gasteiger partial charge in [0.1, 0.15) is 12.1 Å². The Labute approximate surface area is 106 Å². The van der Waals surface area contributed by atoms with E-state index in [9.17, 15) is 0 Å². The van der Waals surface area contributed by atoms with E-state index < -0.39 is 0 Å². The number of aryl methyl sites for hydroxylation is 1. The molecule has 94 valence electrons. The van der Waals surface area contributed by atoms with Gasteiger partial charge in [-0.1, -0.05) is 6.92 Å². The van der Waals surface area contributed by atoms with Gasteiger partial charge < -0.3 is 11.1 Å². The number of nitrogens with zero attached hydrogens (tertiary/aromatic N) is 3. The maximum Gasteiger partial charge on any atom is 0.128 e. The van der Waals surface area contributed by atoms with E-state index in [1.165, 1.54) is 0 Å². The minimum absolute atomic E-state index is 0.0494. The molecule has 0 spiro atoms. The van der Waals surface area contributed by atoms with E-state index >= 15 is 0 Å². The SMILES string of the molecule is CCNC(c1ccncn1)c1c(C)ccnc1N. The molecule has 0 aromatic carbocycles. The lowest BCUT2D eigenvalue weighted by molar-refractivity contribution is 0.611. The van der Waals surface area contributed by atoms with Crippen LogP contribution in [0.5, 0.6) is 0 Å². The molecule has 0 bridgehead atoms. The molecule has 2 rings (SSSR count). The first-order valence-electron chi connectivity index (χ1n) is 5.94. The second-order valence-corrected chi connectivity index (χ2v) is 4.05. The molecular weight excluding hydrogens is 226 g/mol. The van der Waals surface area contributed by atoms with Crippen molar-refractivity contribution in [3.63, 3.8) is 0 Å². The highest BCUT2D eigenvalue weighted by atomic mass is 15.0. The van der Waals surface area contributed by atoms with Gasteiger partial charge in [-0.05, 0) is 31.2 Å². The predicted molar refractivity (Wildman–Crippen MR) is 70.9 cm³/mol. The Kier molecular flexibility index (Phi) is 3.84. The van der Waals surface area contributed by atoms with Gasteiger partial charge in [0.15, 0.2) is 0 Å². The molecule has 0 saturated carbocycles. The van der Waals surface area contributed by atoms with Crippen LogP contribution in [-0.2, 0) is 0 Å². The van der Waals surface area contributed by atoms with E-state index in [4.69, 9.17) is 5.73 Å². The van der Waals surface area contributed by atoms with Gasteiger partial charge in [0.25, 0.3) is 0 Å². The molecule has 0 fully saturated rings. The molecular formula is C13H17N5. The zero-order valence-electron chi connectivity index (χ0n) is 10.6. The Hall–Kier alpha value is -2.01. The summed E-state index contributed by atoms with van der Waals surface area (Å²) in [4.78, 5) is 12.4. The highest BCUT2D eigenvalue weighted by Gasteiger charge is 2.19. The Morgan fingerprint density at radius 3 is 2.72 bits per heavy atom. The molecule has 1 atom stereocenters. The van der Waals surface area contributed by atoms with Crippen LogP contribution in [0.2, 0.25) is 0 Å². The fourth-order valence-electron chi connectivity index (χ4n) is 2.00. The van der Waals surface area contributed by atoms with Crippen LogP contribution < -0.4 is 11.1 Å². The van der Waals surface area contributed by atoms with Crippen molar-refractivity contribution in [2.75, 3.05) is 12.3 Å². The van der Waals surface area contributed by atoms with Crippen LogP contribution in [0.15, 0.2) is 30.9 Å². The van der Waals surface area contributed by atoms with Crippen molar-refractivity contribution in [3.05, 3.63) is 47.7 Å². The van der Waals surface area contributed by atoms with Crippen molar-refractivity contribution in [1.29, 1.82) is 0 Å². The number of nitrogens with one attached hydrogen (secondary N) is 1. The van der Waals surface area contributed by atoms with Crippen LogP contribution in [0, 0.1) is 6.92 Å². The number of nitrogen functional groups attached to an aromatic ring is 1. The van der Waals surface area contributed by atoms with Crippen molar-refractivity contribution in [2.24, 2.45) is 0 Å². The predicted octanol–water partition coefficient (Wildman–Crippen LogP) is 1.46. The molecule has 0 aliphatic heterocycles. The quantitative estimate of drug-likeness (QED) is 0.850. The average molecular weight is 243 g/mol. The van der Waals surface area contributed by atoms with Gasteiger partial charge in [-0.15, -0.1) is 0 Å². The summed E-state index contributed by atoms with van der Waals surface area (Å²) in [7, 11) is 0. The molecule has 0 aliphatic rings. The highest BCUT2D eigenvalue weighted by Crippen LogP contribution is 2.26. The third kappa shape index (κ3) is 2.46. The van der Waals surface area contributed by atoms with E-state index in [0.29, 0.717) is 5.82 Å². The Bertz CT molecular complexity index is 492. The van der Waals surface area contributed by atoms with Gasteiger partial charge in [0.2, 0.25) is 0 Å². The fraction of sp³-hybridized carbons (Fsp3) is 0.308. The summed E-state index contributed by atoms with van der Waals surface area (Å²) >= 11 is 0. The molecule has 5 nitrogen and oxygen atoms in total. The van der Waals surface area contributed by atoms with Crippen molar-refractivity contribution < 1.29 is 0 Å². The summed E-state index contributed by atoms with van der Waals surface area (Å²) in [5, 5.41) is 3.39. The minimum atomic E-state index is -0.0494. The summed E-state index contributed by atoms with van der Waals surface area (Å²) in [5.41, 5.74) is 8.98. The zero-order chi connectivity index (χ0) is 13.0. The topological polar surface area (TPSA) is 76.7 Å². The second-order valence-electron chi connectivity index (χ2n) is 4.05. The third-order valence-electron chi connectivity index (χ3n) is 2.84. The van der Waals surface area contributed by atoms with Gasteiger partial charge in [-0.2, -0.15) is 0 Å². The van der Waals surface area contributed by atoms with Crippen molar-refractivity contribution >= 4 is 5.82 Å². The highest BCUT2D eigenvalue weighted by molar-refractivity contribution is 5.48. The number of hydrogen-bond donors (Lipinski definition) is 2. The number of anilines is 1. The number of rotatable bonds is 4. The number of aromatic nitrogens is 3. The monoisotopic (exact) mass is 243 g/mol. The largest absolute Gasteiger partial charge is 0.383 e. The molecule has 2 aromatic heterocycles. The summed E-state index contributed by atoms with van der Waals surface area (Å²) in [5.74, 6) is 0.541. The number of pyridine rings is 1. The number of hydrogen-bond acceptors (Lipinski definition) is 5. The van der Waals surface area contributed by atoms with Gasteiger partial charge in [0, 0.05) is 18.0 Å². The second kappa shape index (κ2) is 5.55. The smallest absolute Gasteiger partial charge is 0.128 e. The Balaban J connectivity index is 2.48. The number of nitrogens with two attached hydrogens (primary N) is 1. The van der Waals surface area contributed by atoms with Crippen molar-refractivity contribution in [3.8, 4) is 0 Å². The Morgan fingerprint density at radius 1 is 1.28 bits per heavy atom. The van der Waals surface area contributed by atoms with Crippen molar-refractivity contribution in [2.45, 2.75) is 19.9 Å². The molecule has 2 heterocycles. The van der Waals surface area contributed by atoms with Gasteiger partial charge in [0.05, 0.1) is 11.7 Å². The first-order valence-corrected chi connectivity index (χ1v) is 5.94. The van der Waals surface area contributed by atoms with E-state index in [-0.39, 0.29) is 6.04 Å². The van der Waals surface area contributed by atoms with Crippen LogP contribution >= 0.6 is 0 Å². The third-order valence-corrected chi connectivity index (χ3v) is 2.84. The minimum Gasteiger partial charge on any atom is -0.383 e. The summed E-state index contributed by atoms with van der Waals surface area (Å²) in [6.07, 6.45) is 4.99. The molecule has 0 amide bonds. The summed E-state index contributed by atoms with van der Waals surface area (Å²) < 4.78 is 0. The Morgan fingerprint density at radius 2 is 2.11 bits per heavy atom. The standard InChI is InChI=1S/C13H17N5/c1-3-16-12(10-5-6-15-8-18-10)11-9(2)4-7-17-13(11)14/h4-8,12,16H,3H2,1-2H3,(H2,14,17). The summed E-state index contributed by atoms with van der Waals surface area (Å²) in [6.45, 7) is 4.90. The van der Waals surface area contributed by atoms with Crippen molar-refractivity contribution in [1.82, 2.24) is 20.3 Å². The lowest BCUT2D eigenvalue weighted by atomic mass is 9.99. The lowest BCUT2D eigenvalue weighted by Gasteiger charge is -2.20. The zero-order valence-corrected chi connectivity index (χ0v) is 10.6. The summed E-state index contributed by atoms with van der Waals surface area (Å²) in [6, 6.07) is 3.79. The van der Waals surface area contributed by atoms with Gasteiger partial charge in [-0.25, -0.2) is 15.0 Å². The normalized spacial score (nSPS) is 12.3. The molecule has 18 heavy (non-hydrogen) atoms. The molecule has 0 saturated heterocycles. The molecule has 5 heteroatoms. The molecule has 0 radical (unpaired) electrons. The van der Waals surface area contributed by atoms with Gasteiger partial charge >= 0.3 is 0 Å². The first kappa shape index (κ1) is 12.4. The van der Waals surface area contributed by atoms with Crippen LogP contribution in [0.4, 0.5) is 5.82 Å². The van der Waals surface area contributed by atoms with E-state index in [1.807, 2.05) is 19.1 Å². The lowest BCUT2D eigenvalue weighted by Crippen LogP contribution is -2.25. The van der Waals surface area contributed by atoms with E-state index in [2.05, 4.69) is 27.2 Å². The van der Waals surface area contributed by atoms with Crippen LogP contribution in [0.1, 0.15) is 29.8 Å². The maximum atomic E-state index is 6.00. The molecule has 0 aliphatic carbocycles. The molecule has 2 aromatic rings. The van der Waals surface area contributed by atoms with Crippen LogP contribution in [0.3, 0.4) is 0 Å². The van der Waals surface area contributed by atoms with E-state index in [0.717, 1.165) is 23.4 Å². The van der Waals surface area contributed by atoms with Crippen LogP contribution in [-0.4, -0.2) is 21.5 Å². The van der Waals surface area contributed by atoms with E-state index in [1.54, 1.807) is 18.7 Å². The van der Waals surface area contributed by atoms with Gasteiger partial charge in [-0.3, -0.25) is 0 Å². The average Bonchev–Trinajstić information content (AvgIpc) is 2.38. The van der Waals surface area contributed by atoms with Crippen LogP contribution in [0.25, 0.3) is 0 Å². The molecule has 1 unspecified atom stereocenters. The fourth-order valence-corrected chi connectivity index (χ4v) is 2.00. The first-order chi connectivity index (χ1) is 8.74.